The number of unbranched alkanes of at least 4 members (excludes halogenated alkanes) is 6. The Bertz CT molecular complexity index is 370. The highest BCUT2D eigenvalue weighted by atomic mass is 16.7. The molecule has 24 heavy (non-hydrogen) atoms. The van der Waals surface area contributed by atoms with Gasteiger partial charge in [-0.2, -0.15) is 0 Å². The summed E-state index contributed by atoms with van der Waals surface area (Å²) in [6.07, 6.45) is 19.0. The molecule has 0 spiro atoms. The molecule has 0 aliphatic heterocycles. The van der Waals surface area contributed by atoms with Gasteiger partial charge in [-0.3, -0.25) is 4.79 Å². The summed E-state index contributed by atoms with van der Waals surface area (Å²) < 4.78 is 0. The van der Waals surface area contributed by atoms with Crippen LogP contribution in [-0.2, 0) is 4.79 Å². The Morgan fingerprint density at radius 1 is 1.04 bits per heavy atom. The summed E-state index contributed by atoms with van der Waals surface area (Å²) in [7, 11) is 0. The minimum atomic E-state index is -3.15. The number of carbonyl (C=O) groups is 1. The highest BCUT2D eigenvalue weighted by Gasteiger charge is 2.29. The molecular formula is C20H36O4. The summed E-state index contributed by atoms with van der Waals surface area (Å²) in [5, 5.41) is 26.3. The van der Waals surface area contributed by atoms with Gasteiger partial charge in [-0.05, 0) is 50.4 Å². The van der Waals surface area contributed by atoms with Crippen LogP contribution in [0.2, 0.25) is 0 Å². The Hall–Kier alpha value is -0.710. The standard InChI is InChI=1S/C20H36O4/c1-2-3-4-5-6-8-12-17-14-11-15-18(17)13-9-7-10-16-19(21)20(22,23)24/h8,12,17-18,22-24H,2-7,9-11,13-16H2,1H3/b12-8+/t17-,18-/m0/s1. The zero-order chi connectivity index (χ0) is 17.8. The van der Waals surface area contributed by atoms with E-state index in [1.807, 2.05) is 0 Å². The van der Waals surface area contributed by atoms with E-state index in [2.05, 4.69) is 19.1 Å². The van der Waals surface area contributed by atoms with Crippen LogP contribution in [0.15, 0.2) is 12.2 Å². The van der Waals surface area contributed by atoms with Gasteiger partial charge in [0.2, 0.25) is 5.78 Å². The monoisotopic (exact) mass is 340 g/mol. The van der Waals surface area contributed by atoms with Crippen molar-refractivity contribution in [3.63, 3.8) is 0 Å². The van der Waals surface area contributed by atoms with Crippen molar-refractivity contribution in [1.82, 2.24) is 0 Å². The number of ketones is 1. The Balaban J connectivity index is 2.13. The van der Waals surface area contributed by atoms with Gasteiger partial charge >= 0.3 is 5.97 Å². The zero-order valence-electron chi connectivity index (χ0n) is 15.3. The minimum Gasteiger partial charge on any atom is -0.337 e. The molecule has 3 N–H and O–H groups in total. The maximum absolute atomic E-state index is 11.2. The highest BCUT2D eigenvalue weighted by Crippen LogP contribution is 2.36. The molecule has 1 aliphatic rings. The summed E-state index contributed by atoms with van der Waals surface area (Å²) >= 11 is 0. The minimum absolute atomic E-state index is 0.0231. The number of hydrogen-bond donors (Lipinski definition) is 3. The van der Waals surface area contributed by atoms with Crippen LogP contribution in [-0.4, -0.2) is 27.1 Å². The van der Waals surface area contributed by atoms with Gasteiger partial charge in [-0.25, -0.2) is 0 Å². The molecule has 0 aromatic heterocycles. The predicted octanol–water partition coefficient (Wildman–Crippen LogP) is 4.08. The number of hydrogen-bond acceptors (Lipinski definition) is 4. The normalized spacial score (nSPS) is 21.7. The predicted molar refractivity (Wildman–Crippen MR) is 96.2 cm³/mol. The third-order valence-corrected chi connectivity index (χ3v) is 5.18. The third-order valence-electron chi connectivity index (χ3n) is 5.18. The SMILES string of the molecule is CCCCCC/C=C/[C@H]1CCC[C@@H]1CCCCCC(=O)C(O)(O)O. The second kappa shape index (κ2) is 11.8. The van der Waals surface area contributed by atoms with Gasteiger partial charge in [0.15, 0.2) is 0 Å². The fourth-order valence-corrected chi connectivity index (χ4v) is 3.67. The first-order chi connectivity index (χ1) is 11.4. The van der Waals surface area contributed by atoms with Crippen molar-refractivity contribution in [2.45, 2.75) is 96.4 Å². The van der Waals surface area contributed by atoms with E-state index < -0.39 is 11.8 Å². The van der Waals surface area contributed by atoms with E-state index >= 15 is 0 Å². The number of allylic oxidation sites excluding steroid dienone is 2. The van der Waals surface area contributed by atoms with Crippen molar-refractivity contribution in [2.75, 3.05) is 0 Å². The molecule has 0 aromatic rings. The van der Waals surface area contributed by atoms with Gasteiger partial charge in [0.1, 0.15) is 0 Å². The Labute approximate surface area is 147 Å². The fourth-order valence-electron chi connectivity index (χ4n) is 3.67. The molecule has 1 aliphatic carbocycles. The molecule has 1 rings (SSSR count). The van der Waals surface area contributed by atoms with E-state index in [0.717, 1.165) is 24.7 Å². The average molecular weight is 341 g/mol. The average Bonchev–Trinajstić information content (AvgIpc) is 2.96. The molecule has 4 nitrogen and oxygen atoms in total. The van der Waals surface area contributed by atoms with Crippen molar-refractivity contribution < 1.29 is 20.1 Å². The lowest BCUT2D eigenvalue weighted by Gasteiger charge is -2.16. The largest absolute Gasteiger partial charge is 0.339 e. The third kappa shape index (κ3) is 8.95. The second-order valence-corrected chi connectivity index (χ2v) is 7.29. The molecule has 0 aromatic carbocycles. The van der Waals surface area contributed by atoms with Gasteiger partial charge in [0.25, 0.3) is 0 Å². The smallest absolute Gasteiger partial charge is 0.337 e. The van der Waals surface area contributed by atoms with Crippen molar-refractivity contribution >= 4 is 5.78 Å². The molecule has 0 heterocycles. The first-order valence-corrected chi connectivity index (χ1v) is 9.82. The molecule has 140 valence electrons. The zero-order valence-corrected chi connectivity index (χ0v) is 15.3. The van der Waals surface area contributed by atoms with Crippen LogP contribution in [0.4, 0.5) is 0 Å². The molecule has 0 unspecified atom stereocenters. The lowest BCUT2D eigenvalue weighted by Crippen LogP contribution is -2.37. The number of aliphatic hydroxyl groups is 3. The number of rotatable bonds is 13. The first kappa shape index (κ1) is 21.3. The van der Waals surface area contributed by atoms with Crippen molar-refractivity contribution in [2.24, 2.45) is 11.8 Å². The van der Waals surface area contributed by atoms with Crippen LogP contribution in [0, 0.1) is 11.8 Å². The molecule has 1 fully saturated rings. The van der Waals surface area contributed by atoms with E-state index in [4.69, 9.17) is 15.3 Å². The second-order valence-electron chi connectivity index (χ2n) is 7.29. The van der Waals surface area contributed by atoms with E-state index in [-0.39, 0.29) is 6.42 Å². The van der Waals surface area contributed by atoms with E-state index in [1.54, 1.807) is 0 Å². The van der Waals surface area contributed by atoms with Crippen molar-refractivity contribution in [1.29, 1.82) is 0 Å². The van der Waals surface area contributed by atoms with Gasteiger partial charge in [-0.15, -0.1) is 0 Å². The van der Waals surface area contributed by atoms with Crippen LogP contribution >= 0.6 is 0 Å². The van der Waals surface area contributed by atoms with Gasteiger partial charge in [0, 0.05) is 6.42 Å². The van der Waals surface area contributed by atoms with Crippen LogP contribution in [0.25, 0.3) is 0 Å². The maximum Gasteiger partial charge on any atom is 0.339 e. The van der Waals surface area contributed by atoms with Crippen LogP contribution in [0.5, 0.6) is 0 Å². The molecular weight excluding hydrogens is 304 g/mol. The van der Waals surface area contributed by atoms with Crippen LogP contribution in [0.3, 0.4) is 0 Å². The summed E-state index contributed by atoms with van der Waals surface area (Å²) in [6.45, 7) is 2.24. The van der Waals surface area contributed by atoms with E-state index in [0.29, 0.717) is 6.42 Å². The van der Waals surface area contributed by atoms with Crippen LogP contribution < -0.4 is 0 Å². The topological polar surface area (TPSA) is 77.8 Å². The van der Waals surface area contributed by atoms with E-state index in [1.165, 1.54) is 57.8 Å². The first-order valence-electron chi connectivity index (χ1n) is 9.82. The van der Waals surface area contributed by atoms with Crippen molar-refractivity contribution in [3.8, 4) is 0 Å². The summed E-state index contributed by atoms with van der Waals surface area (Å²) in [6, 6.07) is 0. The molecule has 1 saturated carbocycles. The maximum atomic E-state index is 11.2. The van der Waals surface area contributed by atoms with Gasteiger partial charge in [-0.1, -0.05) is 57.6 Å². The molecule has 0 saturated heterocycles. The number of Topliss-reactive ketones (excluding diaryl/α,β-unsaturated/α-hetero) is 1. The Morgan fingerprint density at radius 2 is 1.79 bits per heavy atom. The quantitative estimate of drug-likeness (QED) is 0.268. The van der Waals surface area contributed by atoms with Crippen molar-refractivity contribution in [3.05, 3.63) is 12.2 Å². The van der Waals surface area contributed by atoms with Gasteiger partial charge in [0.05, 0.1) is 0 Å². The molecule has 2 atom stereocenters. The highest BCUT2D eigenvalue weighted by molar-refractivity contribution is 5.83. The number of carbonyl (C=O) groups excluding carboxylic acids is 1. The lowest BCUT2D eigenvalue weighted by atomic mass is 9.90. The molecule has 0 amide bonds. The van der Waals surface area contributed by atoms with E-state index in [9.17, 15) is 4.79 Å². The fraction of sp³-hybridized carbons (Fsp3) is 0.850. The van der Waals surface area contributed by atoms with Gasteiger partial charge < -0.3 is 15.3 Å². The summed E-state index contributed by atoms with van der Waals surface area (Å²) in [5.41, 5.74) is 0. The Kier molecular flexibility index (Phi) is 10.5. The molecule has 4 heteroatoms. The summed E-state index contributed by atoms with van der Waals surface area (Å²) in [4.78, 5) is 11.2. The lowest BCUT2D eigenvalue weighted by molar-refractivity contribution is -0.287. The molecule has 0 radical (unpaired) electrons. The van der Waals surface area contributed by atoms with Crippen LogP contribution in [0.1, 0.15) is 90.4 Å². The summed E-state index contributed by atoms with van der Waals surface area (Å²) in [5.74, 6) is -2.58. The Morgan fingerprint density at radius 3 is 2.50 bits per heavy atom. The molecule has 0 bridgehead atoms.